The van der Waals surface area contributed by atoms with E-state index in [1.165, 1.54) is 5.39 Å². The summed E-state index contributed by atoms with van der Waals surface area (Å²) in [5.74, 6) is 2.38. The first kappa shape index (κ1) is 31.7. The molecule has 11 rings (SSSR count). The second-order valence-corrected chi connectivity index (χ2v) is 13.7. The normalized spacial score (nSPS) is 11.6. The summed E-state index contributed by atoms with van der Waals surface area (Å²) < 4.78 is 8.86. The fraction of sp³-hybridized carbons (Fsp3) is 0. The largest absolute Gasteiger partial charge is 0.452 e. The number of rotatable bonds is 6. The molecule has 0 spiro atoms. The number of hydrogen-bond acceptors (Lipinski definition) is 6. The van der Waals surface area contributed by atoms with E-state index < -0.39 is 0 Å². The van der Waals surface area contributed by atoms with E-state index in [4.69, 9.17) is 29.3 Å². The Morgan fingerprint density at radius 2 is 0.893 bits per heavy atom. The lowest BCUT2D eigenvalue weighted by molar-refractivity contribution is 0.667. The van der Waals surface area contributed by atoms with Crippen LogP contribution in [0.4, 0.5) is 0 Å². The number of hydrogen-bond donors (Lipinski definition) is 0. The van der Waals surface area contributed by atoms with Gasteiger partial charge < -0.3 is 8.98 Å². The molecule has 0 amide bonds. The Labute approximate surface area is 321 Å². The Balaban J connectivity index is 1.11. The number of furan rings is 1. The van der Waals surface area contributed by atoms with Gasteiger partial charge in [0, 0.05) is 49.7 Å². The molecular formula is C49H30N6O. The van der Waals surface area contributed by atoms with Crippen LogP contribution in [0, 0.1) is 0 Å². The van der Waals surface area contributed by atoms with Crippen LogP contribution < -0.4 is 0 Å². The maximum absolute atomic E-state index is 6.55. The summed E-state index contributed by atoms with van der Waals surface area (Å²) in [5.41, 5.74) is 10.6. The van der Waals surface area contributed by atoms with Crippen LogP contribution in [0.25, 0.3) is 106 Å². The van der Waals surface area contributed by atoms with Gasteiger partial charge in [-0.3, -0.25) is 0 Å². The van der Waals surface area contributed by atoms with E-state index in [2.05, 4.69) is 89.5 Å². The summed E-state index contributed by atoms with van der Waals surface area (Å²) >= 11 is 0. The highest BCUT2D eigenvalue weighted by Gasteiger charge is 2.21. The highest BCUT2D eigenvalue weighted by molar-refractivity contribution is 6.11. The third-order valence-corrected chi connectivity index (χ3v) is 10.3. The molecule has 7 aromatic carbocycles. The van der Waals surface area contributed by atoms with E-state index >= 15 is 0 Å². The molecule has 262 valence electrons. The third kappa shape index (κ3) is 5.33. The molecular weight excluding hydrogens is 689 g/mol. The molecule has 0 unspecified atom stereocenters. The Bertz CT molecular complexity index is 3190. The van der Waals surface area contributed by atoms with E-state index in [9.17, 15) is 0 Å². The van der Waals surface area contributed by atoms with Crippen molar-refractivity contribution in [1.29, 1.82) is 0 Å². The van der Waals surface area contributed by atoms with E-state index in [1.54, 1.807) is 0 Å². The van der Waals surface area contributed by atoms with Crippen LogP contribution >= 0.6 is 0 Å². The lowest BCUT2D eigenvalue weighted by Gasteiger charge is -2.11. The van der Waals surface area contributed by atoms with Gasteiger partial charge in [-0.05, 0) is 42.5 Å². The zero-order valence-corrected chi connectivity index (χ0v) is 29.9. The summed E-state index contributed by atoms with van der Waals surface area (Å²) in [6.07, 6.45) is 0. The summed E-state index contributed by atoms with van der Waals surface area (Å²) in [6.45, 7) is 0. The number of benzene rings is 7. The first-order valence-corrected chi connectivity index (χ1v) is 18.5. The van der Waals surface area contributed by atoms with Gasteiger partial charge in [0.1, 0.15) is 16.8 Å². The SMILES string of the molecule is c1ccc(-c2nc(-c3ccccc3)nc(-c3cccc(-c4nc(-c5ccc6c7ccccc7n(-c7ccccc7)c6c5)nc5c4oc4ccccc45)c3)n2)cc1. The molecule has 0 saturated heterocycles. The third-order valence-electron chi connectivity index (χ3n) is 10.3. The maximum atomic E-state index is 6.55. The smallest absolute Gasteiger partial charge is 0.180 e. The van der Waals surface area contributed by atoms with Crippen molar-refractivity contribution in [3.05, 3.63) is 182 Å². The molecule has 4 heterocycles. The Kier molecular flexibility index (Phi) is 7.35. The first-order valence-electron chi connectivity index (χ1n) is 18.5. The molecule has 0 aliphatic rings. The predicted molar refractivity (Wildman–Crippen MR) is 224 cm³/mol. The molecule has 0 radical (unpaired) electrons. The molecule has 7 heteroatoms. The molecule has 0 fully saturated rings. The number of para-hydroxylation sites is 3. The van der Waals surface area contributed by atoms with E-state index in [0.717, 1.165) is 66.4 Å². The van der Waals surface area contributed by atoms with Crippen molar-refractivity contribution in [3.63, 3.8) is 0 Å². The van der Waals surface area contributed by atoms with Gasteiger partial charge in [-0.1, -0.05) is 140 Å². The van der Waals surface area contributed by atoms with E-state index in [-0.39, 0.29) is 0 Å². The molecule has 0 N–H and O–H groups in total. The lowest BCUT2D eigenvalue weighted by atomic mass is 10.0. The highest BCUT2D eigenvalue weighted by atomic mass is 16.3. The minimum absolute atomic E-state index is 0.564. The minimum atomic E-state index is 0.564. The zero-order chi connectivity index (χ0) is 37.0. The number of fused-ring (bicyclic) bond motifs is 6. The molecule has 0 saturated carbocycles. The number of aromatic nitrogens is 6. The van der Waals surface area contributed by atoms with Gasteiger partial charge in [0.05, 0.1) is 11.0 Å². The van der Waals surface area contributed by atoms with Crippen LogP contribution in [0.5, 0.6) is 0 Å². The van der Waals surface area contributed by atoms with E-state index in [0.29, 0.717) is 34.6 Å². The van der Waals surface area contributed by atoms with E-state index in [1.807, 2.05) is 97.1 Å². The quantitative estimate of drug-likeness (QED) is 0.170. The molecule has 7 nitrogen and oxygen atoms in total. The van der Waals surface area contributed by atoms with Gasteiger partial charge >= 0.3 is 0 Å². The lowest BCUT2D eigenvalue weighted by Crippen LogP contribution is -2.00. The van der Waals surface area contributed by atoms with Crippen LogP contribution in [-0.2, 0) is 0 Å². The standard InChI is InChI=1S/C49H30N6O/c1-4-15-31(16-5-1)46-52-47(32-17-6-2-7-18-32)54-49(53-46)34-20-14-19-33(29-34)43-45-44(39-24-11-13-26-42(39)56-45)51-48(50-43)35-27-28-38-37-23-10-12-25-40(37)55(41(38)30-35)36-21-8-3-9-22-36/h1-30H. The molecule has 0 bridgehead atoms. The minimum Gasteiger partial charge on any atom is -0.452 e. The molecule has 56 heavy (non-hydrogen) atoms. The van der Waals surface area contributed by atoms with Crippen molar-refractivity contribution in [1.82, 2.24) is 29.5 Å². The Morgan fingerprint density at radius 1 is 0.357 bits per heavy atom. The Morgan fingerprint density at radius 3 is 1.62 bits per heavy atom. The summed E-state index contributed by atoms with van der Waals surface area (Å²) in [5, 5.41) is 3.29. The van der Waals surface area contributed by atoms with Gasteiger partial charge in [0.2, 0.25) is 0 Å². The van der Waals surface area contributed by atoms with Crippen LogP contribution in [0.3, 0.4) is 0 Å². The van der Waals surface area contributed by atoms with Gasteiger partial charge in [-0.15, -0.1) is 0 Å². The van der Waals surface area contributed by atoms with Crippen molar-refractivity contribution in [3.8, 4) is 62.5 Å². The second-order valence-electron chi connectivity index (χ2n) is 13.7. The summed E-state index contributed by atoms with van der Waals surface area (Å²) in [4.78, 5) is 25.4. The second kappa shape index (κ2) is 13.0. The molecule has 11 aromatic rings. The van der Waals surface area contributed by atoms with Gasteiger partial charge in [-0.25, -0.2) is 24.9 Å². The average molecular weight is 719 g/mol. The summed E-state index contributed by atoms with van der Waals surface area (Å²) in [7, 11) is 0. The van der Waals surface area contributed by atoms with Crippen molar-refractivity contribution in [2.75, 3.05) is 0 Å². The van der Waals surface area contributed by atoms with Crippen LogP contribution in [-0.4, -0.2) is 29.5 Å². The Hall–Kier alpha value is -7.77. The fourth-order valence-corrected chi connectivity index (χ4v) is 7.62. The van der Waals surface area contributed by atoms with Gasteiger partial charge in [0.15, 0.2) is 28.9 Å². The predicted octanol–water partition coefficient (Wildman–Crippen LogP) is 12.0. The topological polar surface area (TPSA) is 82.5 Å². The van der Waals surface area contributed by atoms with Gasteiger partial charge in [0.25, 0.3) is 0 Å². The molecule has 4 aromatic heterocycles. The highest BCUT2D eigenvalue weighted by Crippen LogP contribution is 2.39. The molecule has 0 atom stereocenters. The van der Waals surface area contributed by atoms with Crippen LogP contribution in [0.15, 0.2) is 186 Å². The van der Waals surface area contributed by atoms with Crippen molar-refractivity contribution < 1.29 is 4.42 Å². The fourth-order valence-electron chi connectivity index (χ4n) is 7.62. The average Bonchev–Trinajstić information content (AvgIpc) is 3.82. The maximum Gasteiger partial charge on any atom is 0.180 e. The van der Waals surface area contributed by atoms with Gasteiger partial charge in [-0.2, -0.15) is 0 Å². The van der Waals surface area contributed by atoms with Crippen LogP contribution in [0.2, 0.25) is 0 Å². The summed E-state index contributed by atoms with van der Waals surface area (Å²) in [6, 6.07) is 61.7. The van der Waals surface area contributed by atoms with Crippen molar-refractivity contribution >= 4 is 43.9 Å². The van der Waals surface area contributed by atoms with Crippen LogP contribution in [0.1, 0.15) is 0 Å². The first-order chi connectivity index (χ1) is 27.7. The number of nitrogens with zero attached hydrogens (tertiary/aromatic N) is 6. The van der Waals surface area contributed by atoms with Crippen molar-refractivity contribution in [2.24, 2.45) is 0 Å². The monoisotopic (exact) mass is 718 g/mol. The van der Waals surface area contributed by atoms with Crippen molar-refractivity contribution in [2.45, 2.75) is 0 Å². The zero-order valence-electron chi connectivity index (χ0n) is 29.9. The molecule has 0 aliphatic carbocycles. The molecule has 0 aliphatic heterocycles.